The van der Waals surface area contributed by atoms with Crippen molar-refractivity contribution in [2.24, 2.45) is 0 Å². The lowest BCUT2D eigenvalue weighted by molar-refractivity contribution is -0.138. The first-order chi connectivity index (χ1) is 18.4. The highest BCUT2D eigenvalue weighted by Gasteiger charge is 2.59. The van der Waals surface area contributed by atoms with Gasteiger partial charge in [0.1, 0.15) is 29.5 Å². The normalized spacial score (nSPS) is 19.4. The van der Waals surface area contributed by atoms with Gasteiger partial charge in [0.15, 0.2) is 10.8 Å². The fourth-order valence-corrected chi connectivity index (χ4v) is 5.38. The zero-order valence-corrected chi connectivity index (χ0v) is 21.4. The minimum Gasteiger partial charge on any atom is -0.491 e. The molecule has 2 aliphatic heterocycles. The molecule has 1 aliphatic carbocycles. The molecule has 39 heavy (non-hydrogen) atoms. The average molecular weight is 562 g/mol. The number of halogens is 3. The van der Waals surface area contributed by atoms with Crippen LogP contribution in [-0.4, -0.2) is 70.0 Å². The standard InChI is InChI=1S/C25H22F3N5O5S/c1-31(22(35)36)23(12-37-13-23)14-38-17-5-3-15(4-6-17)33-21(39)32(20(34)24(33)7-2-8-24)16-9-18(25(26,27)28)19(10-29)30-11-16/h3-6,9,11H,2,7-8,12-14H2,1H3,(H,35,36). The first kappa shape index (κ1) is 26.6. The Kier molecular flexibility index (Phi) is 6.39. The summed E-state index contributed by atoms with van der Waals surface area (Å²) >= 11 is 5.61. The fourth-order valence-electron chi connectivity index (χ4n) is 4.91. The van der Waals surface area contributed by atoms with Gasteiger partial charge in [0, 0.05) is 12.7 Å². The highest BCUT2D eigenvalue weighted by molar-refractivity contribution is 7.81. The van der Waals surface area contributed by atoms with Crippen molar-refractivity contribution in [3.63, 3.8) is 0 Å². The van der Waals surface area contributed by atoms with Gasteiger partial charge >= 0.3 is 12.3 Å². The molecule has 0 atom stereocenters. The first-order valence-corrected chi connectivity index (χ1v) is 12.3. The predicted molar refractivity (Wildman–Crippen MR) is 134 cm³/mol. The molecular formula is C25H22F3N5O5S. The number of carbonyl (C=O) groups excluding carboxylic acids is 1. The summed E-state index contributed by atoms with van der Waals surface area (Å²) in [5, 5.41) is 18.4. The van der Waals surface area contributed by atoms with E-state index in [0.717, 1.165) is 28.5 Å². The number of carboxylic acid groups (broad SMARTS) is 1. The first-order valence-electron chi connectivity index (χ1n) is 11.9. The van der Waals surface area contributed by atoms with Crippen LogP contribution in [-0.2, 0) is 15.7 Å². The Morgan fingerprint density at radius 1 is 1.28 bits per heavy atom. The SMILES string of the molecule is CN(C(=O)O)C1(COc2ccc(N3C(=S)N(c4cnc(C#N)c(C(F)(F)F)c4)C(=O)C34CCC4)cc2)COC1. The molecule has 0 radical (unpaired) electrons. The molecule has 1 aromatic carbocycles. The number of alkyl halides is 3. The number of carbonyl (C=O) groups is 2. The highest BCUT2D eigenvalue weighted by atomic mass is 32.1. The monoisotopic (exact) mass is 561 g/mol. The minimum atomic E-state index is -4.84. The van der Waals surface area contributed by atoms with Crippen molar-refractivity contribution in [1.29, 1.82) is 5.26 Å². The topological polar surface area (TPSA) is 119 Å². The van der Waals surface area contributed by atoms with Gasteiger partial charge in [-0.05, 0) is 61.8 Å². The molecule has 2 aromatic rings. The van der Waals surface area contributed by atoms with Crippen molar-refractivity contribution in [2.45, 2.75) is 36.5 Å². The Hall–Kier alpha value is -3.96. The van der Waals surface area contributed by atoms with E-state index in [-0.39, 0.29) is 30.6 Å². The summed E-state index contributed by atoms with van der Waals surface area (Å²) in [5.74, 6) is -0.00627. The maximum atomic E-state index is 13.6. The van der Waals surface area contributed by atoms with E-state index in [9.17, 15) is 27.9 Å². The summed E-state index contributed by atoms with van der Waals surface area (Å²) in [6, 6.07) is 8.81. The van der Waals surface area contributed by atoms with Crippen LogP contribution in [0.2, 0.25) is 0 Å². The molecule has 3 fully saturated rings. The highest BCUT2D eigenvalue weighted by Crippen LogP contribution is 2.48. The quantitative estimate of drug-likeness (QED) is 0.526. The number of nitrogens with zero attached hydrogens (tertiary/aromatic N) is 5. The third-order valence-corrected chi connectivity index (χ3v) is 7.84. The number of aromatic nitrogens is 1. The Morgan fingerprint density at radius 3 is 2.44 bits per heavy atom. The number of benzene rings is 1. The largest absolute Gasteiger partial charge is 0.491 e. The lowest BCUT2D eigenvalue weighted by Gasteiger charge is -2.46. The van der Waals surface area contributed by atoms with Crippen LogP contribution < -0.4 is 14.5 Å². The third kappa shape index (κ3) is 4.22. The third-order valence-electron chi connectivity index (χ3n) is 7.48. The molecule has 1 spiro atoms. The number of hydrogen-bond donors (Lipinski definition) is 1. The van der Waals surface area contributed by atoms with Gasteiger partial charge in [0.05, 0.1) is 30.7 Å². The summed E-state index contributed by atoms with van der Waals surface area (Å²) in [5.41, 5.74) is -3.49. The molecule has 10 nitrogen and oxygen atoms in total. The number of rotatable bonds is 6. The van der Waals surface area contributed by atoms with Crippen LogP contribution in [0, 0.1) is 11.3 Å². The van der Waals surface area contributed by atoms with Gasteiger partial charge in [-0.2, -0.15) is 18.4 Å². The van der Waals surface area contributed by atoms with Crippen LogP contribution in [0.15, 0.2) is 36.5 Å². The molecule has 0 bridgehead atoms. The van der Waals surface area contributed by atoms with E-state index in [1.807, 2.05) is 0 Å². The van der Waals surface area contributed by atoms with Crippen molar-refractivity contribution in [3.05, 3.63) is 47.8 Å². The average Bonchev–Trinajstić information content (AvgIpc) is 3.09. The Labute approximate surface area is 226 Å². The van der Waals surface area contributed by atoms with Crippen LogP contribution in [0.5, 0.6) is 5.75 Å². The van der Waals surface area contributed by atoms with E-state index < -0.39 is 40.5 Å². The number of nitriles is 1. The zero-order valence-electron chi connectivity index (χ0n) is 20.6. The lowest BCUT2D eigenvalue weighted by atomic mass is 9.75. The molecule has 2 saturated heterocycles. The van der Waals surface area contributed by atoms with Gasteiger partial charge in [-0.25, -0.2) is 9.78 Å². The number of pyridine rings is 1. The van der Waals surface area contributed by atoms with Gasteiger partial charge < -0.3 is 19.5 Å². The minimum absolute atomic E-state index is 0.00153. The number of anilines is 2. The van der Waals surface area contributed by atoms with E-state index in [0.29, 0.717) is 24.3 Å². The summed E-state index contributed by atoms with van der Waals surface area (Å²) in [6.07, 6.45) is -3.24. The van der Waals surface area contributed by atoms with Crippen LogP contribution >= 0.6 is 12.2 Å². The van der Waals surface area contributed by atoms with E-state index in [1.165, 1.54) is 13.1 Å². The van der Waals surface area contributed by atoms with Crippen molar-refractivity contribution in [1.82, 2.24) is 9.88 Å². The van der Waals surface area contributed by atoms with E-state index in [2.05, 4.69) is 4.98 Å². The maximum absolute atomic E-state index is 13.6. The van der Waals surface area contributed by atoms with Crippen LogP contribution in [0.4, 0.5) is 29.3 Å². The fraction of sp³-hybridized carbons (Fsp3) is 0.400. The van der Waals surface area contributed by atoms with Crippen LogP contribution in [0.3, 0.4) is 0 Å². The zero-order chi connectivity index (χ0) is 28.2. The van der Waals surface area contributed by atoms with E-state index >= 15 is 0 Å². The molecule has 14 heteroatoms. The van der Waals surface area contributed by atoms with Gasteiger partial charge in [0.25, 0.3) is 5.91 Å². The molecular weight excluding hydrogens is 539 g/mol. The number of ether oxygens (including phenoxy) is 2. The van der Waals surface area contributed by atoms with Gasteiger partial charge in [-0.15, -0.1) is 0 Å². The van der Waals surface area contributed by atoms with Crippen molar-refractivity contribution >= 4 is 40.7 Å². The number of thiocarbonyl (C=S) groups is 1. The van der Waals surface area contributed by atoms with Gasteiger partial charge in [-0.1, -0.05) is 0 Å². The van der Waals surface area contributed by atoms with Crippen LogP contribution in [0.1, 0.15) is 30.5 Å². The number of hydrogen-bond acceptors (Lipinski definition) is 7. The molecule has 3 aliphatic rings. The molecule has 0 unspecified atom stereocenters. The molecule has 1 aromatic heterocycles. The molecule has 3 heterocycles. The Balaban J connectivity index is 1.41. The predicted octanol–water partition coefficient (Wildman–Crippen LogP) is 3.79. The van der Waals surface area contributed by atoms with Gasteiger partial charge in [0.2, 0.25) is 0 Å². The second kappa shape index (κ2) is 9.35. The number of amides is 2. The molecule has 1 saturated carbocycles. The summed E-state index contributed by atoms with van der Waals surface area (Å²) in [6.45, 7) is 0.480. The maximum Gasteiger partial charge on any atom is 0.419 e. The van der Waals surface area contributed by atoms with Gasteiger partial charge in [-0.3, -0.25) is 14.6 Å². The molecule has 204 valence electrons. The van der Waals surface area contributed by atoms with E-state index in [4.69, 9.17) is 27.0 Å². The van der Waals surface area contributed by atoms with Crippen molar-refractivity contribution < 1.29 is 37.3 Å². The van der Waals surface area contributed by atoms with Crippen LogP contribution in [0.25, 0.3) is 0 Å². The molecule has 2 amide bonds. The Morgan fingerprint density at radius 2 is 1.95 bits per heavy atom. The summed E-state index contributed by atoms with van der Waals surface area (Å²) < 4.78 is 51.7. The van der Waals surface area contributed by atoms with Crippen molar-refractivity contribution in [3.8, 4) is 11.8 Å². The molecule has 5 rings (SSSR count). The second-order valence-electron chi connectivity index (χ2n) is 9.68. The van der Waals surface area contributed by atoms with Crippen molar-refractivity contribution in [2.75, 3.05) is 36.7 Å². The second-order valence-corrected chi connectivity index (χ2v) is 10.0. The molecule has 1 N–H and O–H groups in total. The Bertz CT molecular complexity index is 1390. The smallest absolute Gasteiger partial charge is 0.419 e. The summed E-state index contributed by atoms with van der Waals surface area (Å²) in [7, 11) is 1.45. The summed E-state index contributed by atoms with van der Waals surface area (Å²) in [4.78, 5) is 32.5. The van der Waals surface area contributed by atoms with E-state index in [1.54, 1.807) is 29.2 Å². The lowest BCUT2D eigenvalue weighted by Crippen LogP contribution is -2.65. The number of likely N-dealkylation sites (N-methyl/N-ethyl adjacent to an activating group) is 1.